The maximum atomic E-state index is 10.6. The predicted molar refractivity (Wildman–Crippen MR) is 38.6 cm³/mol. The van der Waals surface area contributed by atoms with E-state index in [1.54, 1.807) is 0 Å². The summed E-state index contributed by atoms with van der Waals surface area (Å²) in [5, 5.41) is 17.2. The zero-order valence-corrected chi connectivity index (χ0v) is 7.03. The monoisotopic (exact) mass is 198 g/mol. The minimum atomic E-state index is -3.98. The van der Waals surface area contributed by atoms with Gasteiger partial charge in [-0.3, -0.25) is 4.79 Å². The molecular formula is C5H10O6S. The first-order valence-electron chi connectivity index (χ1n) is 3.15. The number of hydrogen-bond acceptors (Lipinski definition) is 6. The van der Waals surface area contributed by atoms with E-state index in [-0.39, 0.29) is 19.5 Å². The lowest BCUT2D eigenvalue weighted by molar-refractivity contribution is -0.120. The van der Waals surface area contributed by atoms with Crippen molar-refractivity contribution in [2.75, 3.05) is 12.4 Å². The Balaban J connectivity index is 3.97. The largest absolute Gasteiger partial charge is 0.396 e. The fourth-order valence-electron chi connectivity index (χ4n) is 0.567. The van der Waals surface area contributed by atoms with Crippen LogP contribution in [0.3, 0.4) is 0 Å². The number of carbonyl (C=O) groups is 1. The second kappa shape index (κ2) is 5.07. The molecule has 0 bridgehead atoms. The number of carbonyl (C=O) groups excluding carboxylic acids is 1. The van der Waals surface area contributed by atoms with Crippen molar-refractivity contribution >= 4 is 16.6 Å². The van der Waals surface area contributed by atoms with Gasteiger partial charge in [0.2, 0.25) is 0 Å². The van der Waals surface area contributed by atoms with Crippen molar-refractivity contribution in [3.63, 3.8) is 0 Å². The van der Waals surface area contributed by atoms with E-state index < -0.39 is 22.0 Å². The van der Waals surface area contributed by atoms with Gasteiger partial charge in [-0.1, -0.05) is 0 Å². The summed E-state index contributed by atoms with van der Waals surface area (Å²) in [6.07, 6.45) is -1.28. The van der Waals surface area contributed by atoms with Crippen molar-refractivity contribution < 1.29 is 27.6 Å². The zero-order valence-electron chi connectivity index (χ0n) is 6.21. The van der Waals surface area contributed by atoms with E-state index >= 15 is 0 Å². The lowest BCUT2D eigenvalue weighted by Gasteiger charge is -2.06. The minimum absolute atomic E-state index is 0.0680. The Kier molecular flexibility index (Phi) is 4.79. The Hall–Kier alpha value is -0.660. The van der Waals surface area contributed by atoms with Gasteiger partial charge in [0, 0.05) is 6.61 Å². The molecule has 0 rings (SSSR count). The Morgan fingerprint density at radius 1 is 1.50 bits per heavy atom. The Morgan fingerprint density at radius 3 is 2.50 bits per heavy atom. The first-order valence-corrected chi connectivity index (χ1v) is 4.73. The minimum Gasteiger partial charge on any atom is -0.396 e. The highest BCUT2D eigenvalue weighted by molar-refractivity contribution is 7.87. The molecule has 1 unspecified atom stereocenters. The van der Waals surface area contributed by atoms with Crippen LogP contribution >= 0.6 is 0 Å². The molecule has 0 amide bonds. The summed E-state index contributed by atoms with van der Waals surface area (Å²) in [5.74, 6) is -0.688. The van der Waals surface area contributed by atoms with Gasteiger partial charge in [-0.25, -0.2) is 0 Å². The molecule has 0 aliphatic heterocycles. The standard InChI is InChI=1S/C5H10O6S/c6-2-1-5(8)3-12(9,10)11-4-7/h4-6,8H,1-3H2. The number of rotatable bonds is 6. The summed E-state index contributed by atoms with van der Waals surface area (Å²) in [6.45, 7) is -0.543. The second-order valence-electron chi connectivity index (χ2n) is 2.08. The van der Waals surface area contributed by atoms with E-state index in [1.807, 2.05) is 0 Å². The van der Waals surface area contributed by atoms with Crippen molar-refractivity contribution in [1.82, 2.24) is 0 Å². The van der Waals surface area contributed by atoms with Gasteiger partial charge in [0.25, 0.3) is 0 Å². The Morgan fingerprint density at radius 2 is 2.08 bits per heavy atom. The summed E-state index contributed by atoms with van der Waals surface area (Å²) < 4.78 is 24.9. The van der Waals surface area contributed by atoms with E-state index in [2.05, 4.69) is 4.18 Å². The van der Waals surface area contributed by atoms with E-state index in [9.17, 15) is 13.2 Å². The average molecular weight is 198 g/mol. The SMILES string of the molecule is O=COS(=O)(=O)CC(O)CCO. The topological polar surface area (TPSA) is 101 Å². The van der Waals surface area contributed by atoms with Gasteiger partial charge < -0.3 is 14.4 Å². The molecule has 0 saturated heterocycles. The van der Waals surface area contributed by atoms with Gasteiger partial charge >= 0.3 is 16.6 Å². The van der Waals surface area contributed by atoms with E-state index in [1.165, 1.54) is 0 Å². The molecule has 2 N–H and O–H groups in total. The van der Waals surface area contributed by atoms with Gasteiger partial charge in [0.15, 0.2) is 0 Å². The molecule has 0 aromatic rings. The molecule has 1 atom stereocenters. The molecule has 72 valence electrons. The van der Waals surface area contributed by atoms with Crippen molar-refractivity contribution in [2.24, 2.45) is 0 Å². The highest BCUT2D eigenvalue weighted by atomic mass is 32.2. The van der Waals surface area contributed by atoms with Crippen molar-refractivity contribution in [2.45, 2.75) is 12.5 Å². The molecule has 0 heterocycles. The van der Waals surface area contributed by atoms with Crippen LogP contribution in [0.25, 0.3) is 0 Å². The van der Waals surface area contributed by atoms with Crippen molar-refractivity contribution in [3.8, 4) is 0 Å². The molecule has 7 heteroatoms. The van der Waals surface area contributed by atoms with Gasteiger partial charge in [0.05, 0.1) is 6.10 Å². The van der Waals surface area contributed by atoms with Crippen LogP contribution in [0.5, 0.6) is 0 Å². The van der Waals surface area contributed by atoms with E-state index in [4.69, 9.17) is 10.2 Å². The third-order valence-electron chi connectivity index (χ3n) is 1.04. The fourth-order valence-corrected chi connectivity index (χ4v) is 1.40. The zero-order chi connectivity index (χ0) is 9.61. The number of aliphatic hydroxyl groups is 2. The molecule has 0 aromatic carbocycles. The molecule has 12 heavy (non-hydrogen) atoms. The van der Waals surface area contributed by atoms with Crippen LogP contribution in [0.15, 0.2) is 0 Å². The molecule has 0 saturated carbocycles. The third kappa shape index (κ3) is 5.05. The molecule has 6 nitrogen and oxygen atoms in total. The van der Waals surface area contributed by atoms with Crippen LogP contribution in [0.1, 0.15) is 6.42 Å². The highest BCUT2D eigenvalue weighted by Crippen LogP contribution is 1.98. The smallest absolute Gasteiger partial charge is 0.314 e. The van der Waals surface area contributed by atoms with Gasteiger partial charge in [-0.2, -0.15) is 8.42 Å². The maximum absolute atomic E-state index is 10.6. The lowest BCUT2D eigenvalue weighted by Crippen LogP contribution is -2.23. The van der Waals surface area contributed by atoms with Gasteiger partial charge in [-0.15, -0.1) is 0 Å². The average Bonchev–Trinajstić information content (AvgIpc) is 1.85. The fraction of sp³-hybridized carbons (Fsp3) is 0.800. The quantitative estimate of drug-likeness (QED) is 0.387. The van der Waals surface area contributed by atoms with Crippen LogP contribution < -0.4 is 0 Å². The Bertz CT molecular complexity index is 220. The lowest BCUT2D eigenvalue weighted by atomic mass is 10.3. The molecule has 0 fully saturated rings. The summed E-state index contributed by atoms with van der Waals surface area (Å²) in [5.41, 5.74) is 0. The molecule has 0 spiro atoms. The summed E-state index contributed by atoms with van der Waals surface area (Å²) >= 11 is 0. The summed E-state index contributed by atoms with van der Waals surface area (Å²) in [6, 6.07) is 0. The second-order valence-corrected chi connectivity index (χ2v) is 3.72. The normalized spacial score (nSPS) is 13.8. The number of aliphatic hydroxyl groups excluding tert-OH is 2. The molecular weight excluding hydrogens is 188 g/mol. The van der Waals surface area contributed by atoms with Gasteiger partial charge in [-0.05, 0) is 6.42 Å². The van der Waals surface area contributed by atoms with Gasteiger partial charge in [0.1, 0.15) is 5.75 Å². The molecule has 0 aliphatic rings. The summed E-state index contributed by atoms with van der Waals surface area (Å²) in [4.78, 5) is 9.63. The predicted octanol–water partition coefficient (Wildman–Crippen LogP) is -1.77. The highest BCUT2D eigenvalue weighted by Gasteiger charge is 2.17. The number of hydrogen-bond donors (Lipinski definition) is 2. The first kappa shape index (κ1) is 11.3. The maximum Gasteiger partial charge on any atom is 0.314 e. The Labute approximate surface area is 69.9 Å². The van der Waals surface area contributed by atoms with Crippen LogP contribution in [0, 0.1) is 0 Å². The molecule has 0 radical (unpaired) electrons. The summed E-state index contributed by atoms with van der Waals surface area (Å²) in [7, 11) is -3.98. The third-order valence-corrected chi connectivity index (χ3v) is 2.21. The van der Waals surface area contributed by atoms with Crippen LogP contribution in [-0.2, 0) is 19.1 Å². The van der Waals surface area contributed by atoms with Crippen LogP contribution in [-0.4, -0.2) is 43.6 Å². The molecule has 0 aliphatic carbocycles. The van der Waals surface area contributed by atoms with E-state index in [0.29, 0.717) is 0 Å². The first-order chi connectivity index (χ1) is 5.52. The van der Waals surface area contributed by atoms with Crippen LogP contribution in [0.2, 0.25) is 0 Å². The van der Waals surface area contributed by atoms with Crippen molar-refractivity contribution in [1.29, 1.82) is 0 Å². The van der Waals surface area contributed by atoms with E-state index in [0.717, 1.165) is 0 Å². The van der Waals surface area contributed by atoms with Crippen LogP contribution in [0.4, 0.5) is 0 Å². The van der Waals surface area contributed by atoms with Crippen molar-refractivity contribution in [3.05, 3.63) is 0 Å². The molecule has 0 aromatic heterocycles.